The van der Waals surface area contributed by atoms with Crippen LogP contribution in [0, 0.1) is 17.3 Å². The normalized spacial score (nSPS) is 34.7. The van der Waals surface area contributed by atoms with E-state index in [1.165, 1.54) is 19.3 Å². The largest absolute Gasteiger partial charge is 0.508 e. The summed E-state index contributed by atoms with van der Waals surface area (Å²) in [6.07, 6.45) is 1.03. The van der Waals surface area contributed by atoms with E-state index in [-0.39, 0.29) is 42.3 Å². The Labute approximate surface area is 229 Å². The fraction of sp³-hybridized carbons (Fsp3) is 0.625. The average Bonchev–Trinajstić information content (AvgIpc) is 3.20. The van der Waals surface area contributed by atoms with E-state index in [9.17, 15) is 23.4 Å². The minimum Gasteiger partial charge on any atom is -0.508 e. The van der Waals surface area contributed by atoms with E-state index in [1.54, 1.807) is 13.0 Å². The quantitative estimate of drug-likeness (QED) is 0.436. The maximum absolute atomic E-state index is 14.4. The summed E-state index contributed by atoms with van der Waals surface area (Å²) in [5.74, 6) is 0.715. The number of halogens is 3. The fourth-order valence-electron chi connectivity index (χ4n) is 8.78. The molecule has 0 bridgehead atoms. The predicted octanol–water partition coefficient (Wildman–Crippen LogP) is 6.80. The van der Waals surface area contributed by atoms with E-state index in [0.29, 0.717) is 13.0 Å². The summed E-state index contributed by atoms with van der Waals surface area (Å²) in [6, 6.07) is 13.4. The molecule has 4 aliphatic rings. The van der Waals surface area contributed by atoms with E-state index < -0.39 is 17.2 Å². The summed E-state index contributed by atoms with van der Waals surface area (Å²) in [7, 11) is 0. The van der Waals surface area contributed by atoms with Crippen molar-refractivity contribution in [3.8, 4) is 11.5 Å². The second-order valence-electron chi connectivity index (χ2n) is 12.7. The molecule has 2 aromatic rings. The van der Waals surface area contributed by atoms with Crippen LogP contribution >= 0.6 is 0 Å². The van der Waals surface area contributed by atoms with Crippen LogP contribution in [0.25, 0.3) is 0 Å². The SMILES string of the molecule is C[C@]12C[C@H](c3ccc(OCCN4CCCCC4)cc3)[C@@H]3c4ccc(O)cc4CC[C@H]3[C@@H]1CC[C@@]2(O)C(F)(F)F. The maximum Gasteiger partial charge on any atom is 0.417 e. The first-order valence-electron chi connectivity index (χ1n) is 14.7. The molecule has 4 nitrogen and oxygen atoms in total. The molecule has 7 heteroatoms. The molecule has 39 heavy (non-hydrogen) atoms. The number of hydrogen-bond acceptors (Lipinski definition) is 4. The number of phenols is 1. The number of hydrogen-bond donors (Lipinski definition) is 2. The summed E-state index contributed by atoms with van der Waals surface area (Å²) >= 11 is 0. The molecule has 2 aromatic carbocycles. The number of aryl methyl sites for hydroxylation is 1. The van der Waals surface area contributed by atoms with Crippen LogP contribution in [-0.2, 0) is 6.42 Å². The first-order chi connectivity index (χ1) is 18.6. The van der Waals surface area contributed by atoms with Gasteiger partial charge in [0.1, 0.15) is 18.1 Å². The van der Waals surface area contributed by atoms with Gasteiger partial charge in [-0.2, -0.15) is 13.2 Å². The summed E-state index contributed by atoms with van der Waals surface area (Å²) in [5, 5.41) is 21.4. The lowest BCUT2D eigenvalue weighted by Crippen LogP contribution is -2.59. The maximum atomic E-state index is 14.4. The number of alkyl halides is 3. The Morgan fingerprint density at radius 3 is 2.49 bits per heavy atom. The van der Waals surface area contributed by atoms with Gasteiger partial charge in [-0.1, -0.05) is 31.5 Å². The number of aromatic hydroxyl groups is 1. The highest BCUT2D eigenvalue weighted by Gasteiger charge is 2.72. The molecule has 1 aliphatic heterocycles. The van der Waals surface area contributed by atoms with Crippen molar-refractivity contribution in [3.63, 3.8) is 0 Å². The number of rotatable bonds is 5. The van der Waals surface area contributed by atoms with E-state index >= 15 is 0 Å². The molecule has 0 amide bonds. The van der Waals surface area contributed by atoms with Crippen LogP contribution in [-0.4, -0.2) is 53.1 Å². The van der Waals surface area contributed by atoms with Gasteiger partial charge in [0, 0.05) is 12.0 Å². The third-order valence-electron chi connectivity index (χ3n) is 10.8. The van der Waals surface area contributed by atoms with Crippen LogP contribution < -0.4 is 4.74 Å². The van der Waals surface area contributed by atoms with Crippen molar-refractivity contribution < 1.29 is 28.1 Å². The summed E-state index contributed by atoms with van der Waals surface area (Å²) < 4.78 is 49.3. The summed E-state index contributed by atoms with van der Waals surface area (Å²) in [5.41, 5.74) is -0.715. The molecule has 6 atom stereocenters. The van der Waals surface area contributed by atoms with Gasteiger partial charge in [0.25, 0.3) is 0 Å². The van der Waals surface area contributed by atoms with Crippen molar-refractivity contribution in [3.05, 3.63) is 59.2 Å². The Bertz CT molecular complexity index is 1180. The first kappa shape index (κ1) is 26.9. The van der Waals surface area contributed by atoms with E-state index in [4.69, 9.17) is 4.74 Å². The van der Waals surface area contributed by atoms with Crippen LogP contribution in [0.4, 0.5) is 13.2 Å². The Balaban J connectivity index is 1.30. The number of nitrogens with zero attached hydrogens (tertiary/aromatic N) is 1. The molecule has 0 aromatic heterocycles. The number of fused-ring (bicyclic) bond motifs is 5. The second-order valence-corrected chi connectivity index (χ2v) is 12.7. The third-order valence-corrected chi connectivity index (χ3v) is 10.8. The average molecular weight is 544 g/mol. The van der Waals surface area contributed by atoms with Crippen molar-refractivity contribution in [2.45, 2.75) is 81.9 Å². The predicted molar refractivity (Wildman–Crippen MR) is 144 cm³/mol. The Morgan fingerprint density at radius 2 is 1.77 bits per heavy atom. The van der Waals surface area contributed by atoms with Gasteiger partial charge in [0.15, 0.2) is 5.60 Å². The Hall–Kier alpha value is -2.25. The Morgan fingerprint density at radius 1 is 1.03 bits per heavy atom. The zero-order valence-electron chi connectivity index (χ0n) is 22.7. The number of ether oxygens (including phenoxy) is 1. The van der Waals surface area contributed by atoms with E-state index in [2.05, 4.69) is 4.90 Å². The monoisotopic (exact) mass is 543 g/mol. The van der Waals surface area contributed by atoms with Gasteiger partial charge in [-0.05, 0) is 123 Å². The highest BCUT2D eigenvalue weighted by atomic mass is 19.4. The van der Waals surface area contributed by atoms with E-state index in [0.717, 1.165) is 54.9 Å². The molecule has 212 valence electrons. The van der Waals surface area contributed by atoms with Gasteiger partial charge in [0.05, 0.1) is 0 Å². The molecule has 0 spiro atoms. The molecule has 3 fully saturated rings. The van der Waals surface area contributed by atoms with Gasteiger partial charge in [-0.3, -0.25) is 4.90 Å². The van der Waals surface area contributed by atoms with Gasteiger partial charge >= 0.3 is 6.18 Å². The second kappa shape index (κ2) is 9.99. The minimum absolute atomic E-state index is 0.0441. The standard InChI is InChI=1S/C32H40F3NO3/c1-30-20-27(21-5-9-24(10-6-21)39-18-17-36-15-3-2-4-16-36)29-25-12-8-23(37)19-22(25)7-11-26(29)28(30)13-14-31(30,38)32(33,34)35/h5-6,8-10,12,19,26-29,37-38H,2-4,7,11,13-18,20H2,1H3/t26-,27+,28-,29+,30-,31-/m0/s1. The minimum atomic E-state index is -4.67. The molecule has 1 saturated heterocycles. The van der Waals surface area contributed by atoms with Crippen molar-refractivity contribution in [1.82, 2.24) is 4.90 Å². The number of benzene rings is 2. The molecule has 1 heterocycles. The molecule has 0 unspecified atom stereocenters. The molecular formula is C32H40F3NO3. The molecule has 0 radical (unpaired) electrons. The first-order valence-corrected chi connectivity index (χ1v) is 14.7. The Kier molecular flexibility index (Phi) is 6.90. The van der Waals surface area contributed by atoms with Crippen LogP contribution in [0.5, 0.6) is 11.5 Å². The summed E-state index contributed by atoms with van der Waals surface area (Å²) in [4.78, 5) is 2.43. The van der Waals surface area contributed by atoms with Crippen molar-refractivity contribution in [2.75, 3.05) is 26.2 Å². The number of phenolic OH excluding ortho intramolecular Hbond substituents is 1. The lowest BCUT2D eigenvalue weighted by molar-refractivity contribution is -0.301. The smallest absolute Gasteiger partial charge is 0.417 e. The van der Waals surface area contributed by atoms with Crippen LogP contribution in [0.3, 0.4) is 0 Å². The van der Waals surface area contributed by atoms with Crippen molar-refractivity contribution >= 4 is 0 Å². The van der Waals surface area contributed by atoms with Gasteiger partial charge < -0.3 is 14.9 Å². The third kappa shape index (κ3) is 4.54. The summed E-state index contributed by atoms with van der Waals surface area (Å²) in [6.45, 7) is 5.44. The molecule has 2 N–H and O–H groups in total. The number of piperidine rings is 1. The molecule has 6 rings (SSSR count). The van der Waals surface area contributed by atoms with Gasteiger partial charge in [0.2, 0.25) is 0 Å². The van der Waals surface area contributed by atoms with Crippen LogP contribution in [0.15, 0.2) is 42.5 Å². The van der Waals surface area contributed by atoms with Crippen molar-refractivity contribution in [1.29, 1.82) is 0 Å². The van der Waals surface area contributed by atoms with Crippen LogP contribution in [0.1, 0.15) is 80.4 Å². The topological polar surface area (TPSA) is 52.9 Å². The van der Waals surface area contributed by atoms with Crippen LogP contribution in [0.2, 0.25) is 0 Å². The number of aliphatic hydroxyl groups is 1. The van der Waals surface area contributed by atoms with E-state index in [1.807, 2.05) is 36.4 Å². The van der Waals surface area contributed by atoms with Gasteiger partial charge in [-0.15, -0.1) is 0 Å². The van der Waals surface area contributed by atoms with Gasteiger partial charge in [-0.25, -0.2) is 0 Å². The lowest BCUT2D eigenvalue weighted by atomic mass is 9.49. The zero-order chi connectivity index (χ0) is 27.4. The highest BCUT2D eigenvalue weighted by molar-refractivity contribution is 5.44. The molecule has 3 aliphatic carbocycles. The fourth-order valence-corrected chi connectivity index (χ4v) is 8.78. The molecular weight excluding hydrogens is 503 g/mol. The lowest BCUT2D eigenvalue weighted by Gasteiger charge is -2.56. The number of likely N-dealkylation sites (tertiary alicyclic amines) is 1. The zero-order valence-corrected chi connectivity index (χ0v) is 22.7. The highest BCUT2D eigenvalue weighted by Crippen LogP contribution is 2.70. The molecule has 2 saturated carbocycles. The van der Waals surface area contributed by atoms with Crippen molar-refractivity contribution in [2.24, 2.45) is 17.3 Å².